The molecule has 0 amide bonds. The zero-order chi connectivity index (χ0) is 19.6. The molecule has 27 heavy (non-hydrogen) atoms. The molecule has 5 heteroatoms. The number of ether oxygens (including phenoxy) is 1. The second-order valence-electron chi connectivity index (χ2n) is 7.07. The standard InChI is InChI=1S/C22H24INO3/c1-14(11-22(25)26)10-19-15(2)24(13-16-4-6-17(23)7-5-16)21-9-8-18(27-3)12-20(19)21/h4-9,12,14H,10-11,13H2,1-3H3,(H,25,26). The van der Waals surface area contributed by atoms with Crippen LogP contribution in [-0.4, -0.2) is 22.8 Å². The van der Waals surface area contributed by atoms with Crippen molar-refractivity contribution in [2.75, 3.05) is 7.11 Å². The number of aromatic nitrogens is 1. The highest BCUT2D eigenvalue weighted by atomic mass is 127. The van der Waals surface area contributed by atoms with Crippen LogP contribution in [0.5, 0.6) is 5.75 Å². The molecule has 0 spiro atoms. The highest BCUT2D eigenvalue weighted by Gasteiger charge is 2.18. The van der Waals surface area contributed by atoms with Crippen molar-refractivity contribution in [1.29, 1.82) is 0 Å². The Morgan fingerprint density at radius 1 is 1.22 bits per heavy atom. The van der Waals surface area contributed by atoms with E-state index in [1.54, 1.807) is 7.11 Å². The maximum atomic E-state index is 11.1. The molecule has 0 radical (unpaired) electrons. The normalized spacial score (nSPS) is 12.3. The minimum atomic E-state index is -0.750. The largest absolute Gasteiger partial charge is 0.497 e. The van der Waals surface area contributed by atoms with Crippen molar-refractivity contribution in [2.24, 2.45) is 5.92 Å². The Kier molecular flexibility index (Phi) is 6.09. The van der Waals surface area contributed by atoms with Crippen molar-refractivity contribution >= 4 is 39.5 Å². The van der Waals surface area contributed by atoms with Crippen molar-refractivity contribution < 1.29 is 14.6 Å². The van der Waals surface area contributed by atoms with Crippen molar-refractivity contribution in [3.8, 4) is 5.75 Å². The summed E-state index contributed by atoms with van der Waals surface area (Å²) in [6.45, 7) is 4.91. The van der Waals surface area contributed by atoms with E-state index in [0.29, 0.717) is 0 Å². The number of hydrogen-bond donors (Lipinski definition) is 1. The van der Waals surface area contributed by atoms with E-state index in [1.165, 1.54) is 20.4 Å². The summed E-state index contributed by atoms with van der Waals surface area (Å²) in [5.74, 6) is 0.145. The van der Waals surface area contributed by atoms with E-state index < -0.39 is 5.97 Å². The maximum Gasteiger partial charge on any atom is 0.303 e. The molecule has 3 rings (SSSR count). The molecular formula is C22H24INO3. The summed E-state index contributed by atoms with van der Waals surface area (Å²) < 4.78 is 8.96. The van der Waals surface area contributed by atoms with Crippen LogP contribution >= 0.6 is 22.6 Å². The van der Waals surface area contributed by atoms with Crippen LogP contribution in [0.1, 0.15) is 30.2 Å². The van der Waals surface area contributed by atoms with Gasteiger partial charge < -0.3 is 14.4 Å². The minimum Gasteiger partial charge on any atom is -0.497 e. The molecule has 0 saturated heterocycles. The number of methoxy groups -OCH3 is 1. The molecule has 0 bridgehead atoms. The summed E-state index contributed by atoms with van der Waals surface area (Å²) in [6, 6.07) is 14.7. The van der Waals surface area contributed by atoms with Gasteiger partial charge in [0.25, 0.3) is 0 Å². The van der Waals surface area contributed by atoms with Gasteiger partial charge in [0.15, 0.2) is 0 Å². The maximum absolute atomic E-state index is 11.1. The van der Waals surface area contributed by atoms with E-state index in [0.717, 1.165) is 29.6 Å². The summed E-state index contributed by atoms with van der Waals surface area (Å²) in [5.41, 5.74) is 4.80. The van der Waals surface area contributed by atoms with Crippen LogP contribution in [0.4, 0.5) is 0 Å². The Morgan fingerprint density at radius 3 is 2.56 bits per heavy atom. The molecule has 1 atom stereocenters. The molecule has 0 saturated carbocycles. The van der Waals surface area contributed by atoms with Crippen molar-refractivity contribution in [3.63, 3.8) is 0 Å². The molecule has 1 heterocycles. The Labute approximate surface area is 173 Å². The van der Waals surface area contributed by atoms with Gasteiger partial charge in [0, 0.05) is 33.1 Å². The summed E-state index contributed by atoms with van der Waals surface area (Å²) in [6.07, 6.45) is 0.911. The van der Waals surface area contributed by atoms with E-state index >= 15 is 0 Å². The Hall–Kier alpha value is -2.02. The number of halogens is 1. The van der Waals surface area contributed by atoms with Crippen LogP contribution in [0, 0.1) is 16.4 Å². The van der Waals surface area contributed by atoms with E-state index in [9.17, 15) is 4.79 Å². The van der Waals surface area contributed by atoms with Gasteiger partial charge in [0.2, 0.25) is 0 Å². The third-order valence-corrected chi connectivity index (χ3v) is 5.71. The molecule has 1 N–H and O–H groups in total. The van der Waals surface area contributed by atoms with Gasteiger partial charge in [-0.05, 0) is 83.3 Å². The number of rotatable bonds is 7. The Bertz CT molecular complexity index is 960. The second kappa shape index (κ2) is 8.33. The molecule has 4 nitrogen and oxygen atoms in total. The Balaban J connectivity index is 2.06. The molecule has 2 aromatic carbocycles. The van der Waals surface area contributed by atoms with Crippen molar-refractivity contribution in [2.45, 2.75) is 33.2 Å². The van der Waals surface area contributed by atoms with Crippen LogP contribution in [0.15, 0.2) is 42.5 Å². The highest BCUT2D eigenvalue weighted by molar-refractivity contribution is 14.1. The van der Waals surface area contributed by atoms with Crippen LogP contribution in [0.25, 0.3) is 10.9 Å². The van der Waals surface area contributed by atoms with Gasteiger partial charge >= 0.3 is 5.97 Å². The van der Waals surface area contributed by atoms with Gasteiger partial charge in [-0.1, -0.05) is 19.1 Å². The summed E-state index contributed by atoms with van der Waals surface area (Å²) in [7, 11) is 1.67. The number of nitrogens with zero attached hydrogens (tertiary/aromatic N) is 1. The quantitative estimate of drug-likeness (QED) is 0.472. The fourth-order valence-corrected chi connectivity index (χ4v) is 3.97. The van der Waals surface area contributed by atoms with Crippen LogP contribution in [-0.2, 0) is 17.8 Å². The van der Waals surface area contributed by atoms with Crippen LogP contribution in [0.2, 0.25) is 0 Å². The molecule has 0 fully saturated rings. The van der Waals surface area contributed by atoms with E-state index in [4.69, 9.17) is 9.84 Å². The number of aliphatic carboxylic acids is 1. The zero-order valence-corrected chi connectivity index (χ0v) is 18.0. The van der Waals surface area contributed by atoms with E-state index in [-0.39, 0.29) is 12.3 Å². The van der Waals surface area contributed by atoms with Gasteiger partial charge in [-0.2, -0.15) is 0 Å². The monoisotopic (exact) mass is 477 g/mol. The first kappa shape index (κ1) is 19.7. The fourth-order valence-electron chi connectivity index (χ4n) is 3.61. The molecule has 142 valence electrons. The molecule has 3 aromatic rings. The number of benzene rings is 2. The third-order valence-electron chi connectivity index (χ3n) is 4.99. The van der Waals surface area contributed by atoms with Gasteiger partial charge in [-0.25, -0.2) is 0 Å². The lowest BCUT2D eigenvalue weighted by Crippen LogP contribution is -2.08. The Morgan fingerprint density at radius 2 is 1.93 bits per heavy atom. The lowest BCUT2D eigenvalue weighted by molar-refractivity contribution is -0.137. The fraction of sp³-hybridized carbons (Fsp3) is 0.318. The van der Waals surface area contributed by atoms with Crippen LogP contribution < -0.4 is 4.74 Å². The molecule has 0 aliphatic rings. The molecular weight excluding hydrogens is 453 g/mol. The summed E-state index contributed by atoms with van der Waals surface area (Å²) in [4.78, 5) is 11.1. The van der Waals surface area contributed by atoms with Gasteiger partial charge in [0.05, 0.1) is 7.11 Å². The molecule has 1 unspecified atom stereocenters. The predicted octanol–water partition coefficient (Wildman–Crippen LogP) is 5.26. The van der Waals surface area contributed by atoms with Crippen LogP contribution in [0.3, 0.4) is 0 Å². The number of carbonyl (C=O) groups is 1. The molecule has 0 aliphatic carbocycles. The smallest absolute Gasteiger partial charge is 0.303 e. The summed E-state index contributed by atoms with van der Waals surface area (Å²) >= 11 is 2.31. The predicted molar refractivity (Wildman–Crippen MR) is 117 cm³/mol. The summed E-state index contributed by atoms with van der Waals surface area (Å²) in [5, 5.41) is 10.3. The lowest BCUT2D eigenvalue weighted by atomic mass is 9.96. The first-order valence-corrected chi connectivity index (χ1v) is 10.1. The third kappa shape index (κ3) is 4.46. The number of hydrogen-bond acceptors (Lipinski definition) is 2. The number of fused-ring (bicyclic) bond motifs is 1. The minimum absolute atomic E-state index is 0.0738. The molecule has 1 aromatic heterocycles. The average Bonchev–Trinajstić information content (AvgIpc) is 2.88. The first-order chi connectivity index (χ1) is 12.9. The average molecular weight is 477 g/mol. The van der Waals surface area contributed by atoms with Gasteiger partial charge in [-0.15, -0.1) is 0 Å². The van der Waals surface area contributed by atoms with Crippen molar-refractivity contribution in [1.82, 2.24) is 4.57 Å². The van der Waals surface area contributed by atoms with E-state index in [2.05, 4.69) is 70.5 Å². The molecule has 0 aliphatic heterocycles. The second-order valence-corrected chi connectivity index (χ2v) is 8.31. The van der Waals surface area contributed by atoms with Gasteiger partial charge in [0.1, 0.15) is 5.75 Å². The SMILES string of the molecule is COc1ccc2c(c1)c(CC(C)CC(=O)O)c(C)n2Cc1ccc(I)cc1. The number of carboxylic acids is 1. The lowest BCUT2D eigenvalue weighted by Gasteiger charge is -2.11. The topological polar surface area (TPSA) is 51.5 Å². The number of carboxylic acid groups (broad SMARTS) is 1. The zero-order valence-electron chi connectivity index (χ0n) is 15.8. The highest BCUT2D eigenvalue weighted by Crippen LogP contribution is 2.32. The van der Waals surface area contributed by atoms with Crippen molar-refractivity contribution in [3.05, 3.63) is 62.9 Å². The van der Waals surface area contributed by atoms with Gasteiger partial charge in [-0.3, -0.25) is 4.79 Å². The van der Waals surface area contributed by atoms with E-state index in [1.807, 2.05) is 13.0 Å². The first-order valence-electron chi connectivity index (χ1n) is 9.01.